The minimum absolute atomic E-state index is 0.244. The molecule has 0 aliphatic carbocycles. The highest BCUT2D eigenvalue weighted by molar-refractivity contribution is 4.54. The van der Waals surface area contributed by atoms with E-state index in [1.54, 1.807) is 0 Å². The summed E-state index contributed by atoms with van der Waals surface area (Å²) in [6.45, 7) is 0.911. The Morgan fingerprint density at radius 3 is 2.20 bits per heavy atom. The van der Waals surface area contributed by atoms with E-state index in [1.807, 2.05) is 0 Å². The standard InChI is InChI=1S/C6H16N2O2/c7-4-2-1-3-5(8)6(9)10/h5-6,9-10H,1-4,7-8H2/p+2. The quantitative estimate of drug-likeness (QED) is 0.254. The van der Waals surface area contributed by atoms with Gasteiger partial charge in [-0.3, -0.25) is 0 Å². The van der Waals surface area contributed by atoms with Crippen molar-refractivity contribution >= 4 is 0 Å². The molecule has 0 spiro atoms. The fraction of sp³-hybridized carbons (Fsp3) is 1.00. The number of aliphatic hydroxyl groups is 2. The van der Waals surface area contributed by atoms with Gasteiger partial charge < -0.3 is 21.7 Å². The first-order valence-corrected chi connectivity index (χ1v) is 3.67. The van der Waals surface area contributed by atoms with Crippen molar-refractivity contribution in [3.8, 4) is 0 Å². The topological polar surface area (TPSA) is 95.7 Å². The molecule has 8 N–H and O–H groups in total. The normalized spacial score (nSPS) is 14.1. The van der Waals surface area contributed by atoms with Crippen LogP contribution in [0.3, 0.4) is 0 Å². The maximum atomic E-state index is 8.60. The maximum Gasteiger partial charge on any atom is 0.205 e. The summed E-state index contributed by atoms with van der Waals surface area (Å²) < 4.78 is 0. The molecular formula is C6H18N2O2+2. The molecule has 0 saturated heterocycles. The minimum Gasteiger partial charge on any atom is -0.363 e. The fourth-order valence-corrected chi connectivity index (χ4v) is 0.732. The lowest BCUT2D eigenvalue weighted by Crippen LogP contribution is -2.66. The van der Waals surface area contributed by atoms with E-state index in [1.165, 1.54) is 0 Å². The predicted molar refractivity (Wildman–Crippen MR) is 36.5 cm³/mol. The van der Waals surface area contributed by atoms with Crippen molar-refractivity contribution in [2.45, 2.75) is 31.6 Å². The van der Waals surface area contributed by atoms with Gasteiger partial charge in [-0.2, -0.15) is 0 Å². The van der Waals surface area contributed by atoms with Crippen LogP contribution in [0.4, 0.5) is 0 Å². The lowest BCUT2D eigenvalue weighted by Gasteiger charge is -2.08. The summed E-state index contributed by atoms with van der Waals surface area (Å²) in [7, 11) is 0. The van der Waals surface area contributed by atoms with Crippen LogP contribution in [0.5, 0.6) is 0 Å². The van der Waals surface area contributed by atoms with E-state index in [0.717, 1.165) is 25.8 Å². The Labute approximate surface area is 60.8 Å². The zero-order valence-electron chi connectivity index (χ0n) is 6.29. The van der Waals surface area contributed by atoms with Crippen LogP contribution in [0.2, 0.25) is 0 Å². The van der Waals surface area contributed by atoms with Crippen LogP contribution in [0, 0.1) is 0 Å². The molecule has 0 radical (unpaired) electrons. The van der Waals surface area contributed by atoms with E-state index in [4.69, 9.17) is 10.2 Å². The SMILES string of the molecule is [NH3+]CCCCC([NH3+])C(O)O. The van der Waals surface area contributed by atoms with Gasteiger partial charge in [0.25, 0.3) is 0 Å². The van der Waals surface area contributed by atoms with Crippen LogP contribution < -0.4 is 11.5 Å². The van der Waals surface area contributed by atoms with Gasteiger partial charge in [-0.25, -0.2) is 0 Å². The van der Waals surface area contributed by atoms with Gasteiger partial charge in [0.2, 0.25) is 6.29 Å². The van der Waals surface area contributed by atoms with Crippen LogP contribution in [0.15, 0.2) is 0 Å². The van der Waals surface area contributed by atoms with Crippen molar-refractivity contribution in [2.24, 2.45) is 0 Å². The summed E-state index contributed by atoms with van der Waals surface area (Å²) in [6.07, 6.45) is 1.53. The number of quaternary nitrogens is 2. The molecule has 0 aliphatic heterocycles. The van der Waals surface area contributed by atoms with Gasteiger partial charge >= 0.3 is 0 Å². The molecule has 0 aromatic heterocycles. The van der Waals surface area contributed by atoms with E-state index < -0.39 is 6.29 Å². The molecule has 4 nitrogen and oxygen atoms in total. The predicted octanol–water partition coefficient (Wildman–Crippen LogP) is -2.68. The van der Waals surface area contributed by atoms with E-state index in [9.17, 15) is 0 Å². The smallest absolute Gasteiger partial charge is 0.205 e. The molecule has 1 atom stereocenters. The number of rotatable bonds is 5. The van der Waals surface area contributed by atoms with Gasteiger partial charge in [-0.15, -0.1) is 0 Å². The lowest BCUT2D eigenvalue weighted by molar-refractivity contribution is -0.458. The van der Waals surface area contributed by atoms with Crippen LogP contribution in [-0.4, -0.2) is 29.1 Å². The molecular weight excluding hydrogens is 132 g/mol. The summed E-state index contributed by atoms with van der Waals surface area (Å²) in [5.41, 5.74) is 7.27. The van der Waals surface area contributed by atoms with Crippen LogP contribution in [0.1, 0.15) is 19.3 Å². The molecule has 0 bridgehead atoms. The van der Waals surface area contributed by atoms with Gasteiger partial charge in [-0.05, 0) is 12.8 Å². The van der Waals surface area contributed by atoms with Crippen molar-refractivity contribution in [3.05, 3.63) is 0 Å². The summed E-state index contributed by atoms with van der Waals surface area (Å²) >= 11 is 0. The summed E-state index contributed by atoms with van der Waals surface area (Å²) in [5, 5.41) is 17.2. The zero-order chi connectivity index (χ0) is 7.98. The van der Waals surface area contributed by atoms with Crippen LogP contribution in [0.25, 0.3) is 0 Å². The number of aliphatic hydroxyl groups excluding tert-OH is 1. The van der Waals surface area contributed by atoms with Gasteiger partial charge in [0.15, 0.2) is 0 Å². The first kappa shape index (κ1) is 9.84. The Morgan fingerprint density at radius 1 is 1.20 bits per heavy atom. The first-order valence-electron chi connectivity index (χ1n) is 3.67. The molecule has 0 rings (SSSR count). The average molecular weight is 150 g/mol. The highest BCUT2D eigenvalue weighted by atomic mass is 16.5. The molecule has 0 aromatic rings. The van der Waals surface area contributed by atoms with Crippen molar-refractivity contribution in [3.63, 3.8) is 0 Å². The van der Waals surface area contributed by atoms with Gasteiger partial charge in [0.1, 0.15) is 6.04 Å². The molecule has 0 aromatic carbocycles. The largest absolute Gasteiger partial charge is 0.363 e. The van der Waals surface area contributed by atoms with E-state index in [-0.39, 0.29) is 6.04 Å². The third-order valence-electron chi connectivity index (χ3n) is 1.50. The highest BCUT2D eigenvalue weighted by Gasteiger charge is 2.13. The van der Waals surface area contributed by atoms with E-state index >= 15 is 0 Å². The molecule has 0 saturated carbocycles. The molecule has 4 heteroatoms. The number of hydrogen-bond donors (Lipinski definition) is 4. The molecule has 1 unspecified atom stereocenters. The van der Waals surface area contributed by atoms with Crippen molar-refractivity contribution in [2.75, 3.05) is 6.54 Å². The molecule has 0 aliphatic rings. The lowest BCUT2D eigenvalue weighted by atomic mass is 10.1. The Hall–Kier alpha value is -0.160. The van der Waals surface area contributed by atoms with Gasteiger partial charge in [-0.1, -0.05) is 0 Å². The second-order valence-corrected chi connectivity index (χ2v) is 2.52. The molecule has 0 heterocycles. The third kappa shape index (κ3) is 4.69. The highest BCUT2D eigenvalue weighted by Crippen LogP contribution is 1.97. The Kier molecular flexibility index (Phi) is 5.52. The third-order valence-corrected chi connectivity index (χ3v) is 1.50. The van der Waals surface area contributed by atoms with Crippen molar-refractivity contribution < 1.29 is 21.7 Å². The van der Waals surface area contributed by atoms with E-state index in [2.05, 4.69) is 11.5 Å². The zero-order valence-corrected chi connectivity index (χ0v) is 6.29. The van der Waals surface area contributed by atoms with Gasteiger partial charge in [0, 0.05) is 6.42 Å². The monoisotopic (exact) mass is 150 g/mol. The van der Waals surface area contributed by atoms with Crippen LogP contribution in [-0.2, 0) is 0 Å². The summed E-state index contributed by atoms with van der Waals surface area (Å²) in [6, 6.07) is -0.244. The summed E-state index contributed by atoms with van der Waals surface area (Å²) in [4.78, 5) is 0. The minimum atomic E-state index is -1.26. The fourth-order valence-electron chi connectivity index (χ4n) is 0.732. The first-order chi connectivity index (χ1) is 4.68. The molecule has 0 amide bonds. The Balaban J connectivity index is 3.13. The Morgan fingerprint density at radius 2 is 1.80 bits per heavy atom. The second kappa shape index (κ2) is 5.61. The molecule has 62 valence electrons. The number of unbranched alkanes of at least 4 members (excludes halogenated alkanes) is 1. The van der Waals surface area contributed by atoms with Gasteiger partial charge in [0.05, 0.1) is 6.54 Å². The van der Waals surface area contributed by atoms with Crippen molar-refractivity contribution in [1.82, 2.24) is 0 Å². The summed E-state index contributed by atoms with van der Waals surface area (Å²) in [5.74, 6) is 0. The maximum absolute atomic E-state index is 8.60. The molecule has 0 fully saturated rings. The average Bonchev–Trinajstić information content (AvgIpc) is 1.88. The number of hydrogen-bond acceptors (Lipinski definition) is 2. The molecule has 10 heavy (non-hydrogen) atoms. The second-order valence-electron chi connectivity index (χ2n) is 2.52. The van der Waals surface area contributed by atoms with E-state index in [0.29, 0.717) is 0 Å². The van der Waals surface area contributed by atoms with Crippen LogP contribution >= 0.6 is 0 Å². The Bertz CT molecular complexity index is 78.1. The van der Waals surface area contributed by atoms with Crippen molar-refractivity contribution in [1.29, 1.82) is 0 Å².